The van der Waals surface area contributed by atoms with Crippen LogP contribution in [0, 0.1) is 20.8 Å². The highest BCUT2D eigenvalue weighted by atomic mass is 32.2. The molecule has 9 nitrogen and oxygen atoms in total. The number of sulfonamides is 1. The molecule has 2 aromatic heterocycles. The molecule has 1 aromatic carbocycles. The number of fused-ring (bicyclic) bond motifs is 3. The van der Waals surface area contributed by atoms with Gasteiger partial charge in [-0.05, 0) is 39.0 Å². The predicted octanol–water partition coefficient (Wildman–Crippen LogP) is 1.98. The molecule has 1 N–H and O–H groups in total. The van der Waals surface area contributed by atoms with E-state index in [0.717, 1.165) is 5.69 Å². The van der Waals surface area contributed by atoms with Crippen molar-refractivity contribution in [1.29, 1.82) is 0 Å². The maximum atomic E-state index is 13.6. The average molecular weight is 457 g/mol. The fraction of sp³-hybridized carbons (Fsp3) is 0.364. The number of benzene rings is 1. The maximum absolute atomic E-state index is 13.6. The minimum absolute atomic E-state index is 0.00797. The number of rotatable bonds is 6. The van der Waals surface area contributed by atoms with Crippen molar-refractivity contribution in [3.8, 4) is 0 Å². The first kappa shape index (κ1) is 22.3. The van der Waals surface area contributed by atoms with Gasteiger partial charge in [0, 0.05) is 48.6 Å². The molecule has 1 unspecified atom stereocenters. The summed E-state index contributed by atoms with van der Waals surface area (Å²) in [5.41, 5.74) is 3.32. The molecule has 168 valence electrons. The van der Waals surface area contributed by atoms with Crippen molar-refractivity contribution < 1.29 is 22.7 Å². The first-order valence-corrected chi connectivity index (χ1v) is 11.6. The van der Waals surface area contributed by atoms with E-state index >= 15 is 0 Å². The van der Waals surface area contributed by atoms with Gasteiger partial charge >= 0.3 is 0 Å². The highest BCUT2D eigenvalue weighted by Gasteiger charge is 2.44. The number of Topliss-reactive ketones (excluding diaryl/α,β-unsaturated/α-hetero) is 2. The first-order valence-electron chi connectivity index (χ1n) is 10.1. The van der Waals surface area contributed by atoms with Crippen molar-refractivity contribution in [3.63, 3.8) is 0 Å². The Labute approximate surface area is 185 Å². The molecular weight excluding hydrogens is 432 g/mol. The number of aromatic nitrogens is 3. The van der Waals surface area contributed by atoms with E-state index in [-0.39, 0.29) is 40.7 Å². The van der Waals surface area contributed by atoms with Crippen LogP contribution in [0.5, 0.6) is 0 Å². The van der Waals surface area contributed by atoms with Gasteiger partial charge in [0.25, 0.3) is 0 Å². The normalized spacial score (nSPS) is 16.2. The highest BCUT2D eigenvalue weighted by molar-refractivity contribution is 7.89. The third-order valence-electron chi connectivity index (χ3n) is 5.92. The van der Waals surface area contributed by atoms with Gasteiger partial charge in [0.05, 0.1) is 28.3 Å². The second-order valence-electron chi connectivity index (χ2n) is 7.89. The zero-order chi connectivity index (χ0) is 23.4. The molecule has 2 heterocycles. The molecule has 32 heavy (non-hydrogen) atoms. The number of carbonyl (C=O) groups is 2. The van der Waals surface area contributed by atoms with Crippen LogP contribution in [0.15, 0.2) is 23.1 Å². The number of aryl methyl sites for hydroxylation is 3. The second kappa shape index (κ2) is 7.88. The van der Waals surface area contributed by atoms with Crippen molar-refractivity contribution in [2.45, 2.75) is 31.6 Å². The number of ketones is 2. The zero-order valence-electron chi connectivity index (χ0n) is 18.5. The molecular formula is C22H24N4O5S. The molecule has 3 aromatic rings. The van der Waals surface area contributed by atoms with Crippen LogP contribution < -0.4 is 4.72 Å². The van der Waals surface area contributed by atoms with Gasteiger partial charge in [-0.2, -0.15) is 5.10 Å². The van der Waals surface area contributed by atoms with E-state index in [4.69, 9.17) is 4.74 Å². The summed E-state index contributed by atoms with van der Waals surface area (Å²) in [6.45, 7) is 5.61. The molecule has 0 spiro atoms. The molecule has 1 aliphatic carbocycles. The largest absolute Gasteiger partial charge is 0.383 e. The number of nitrogens with one attached hydrogen (secondary N) is 1. The number of nitrogens with zero attached hydrogens (tertiary/aromatic N) is 3. The van der Waals surface area contributed by atoms with Crippen LogP contribution in [-0.2, 0) is 21.8 Å². The van der Waals surface area contributed by atoms with Crippen LogP contribution in [0.25, 0.3) is 10.9 Å². The summed E-state index contributed by atoms with van der Waals surface area (Å²) in [4.78, 5) is 31.5. The molecule has 0 saturated carbocycles. The minimum Gasteiger partial charge on any atom is -0.383 e. The summed E-state index contributed by atoms with van der Waals surface area (Å²) in [5.74, 6) is -1.70. The predicted molar refractivity (Wildman–Crippen MR) is 118 cm³/mol. The Hall–Kier alpha value is -2.95. The van der Waals surface area contributed by atoms with Gasteiger partial charge in [-0.1, -0.05) is 0 Å². The molecule has 0 aliphatic heterocycles. The quantitative estimate of drug-likeness (QED) is 0.445. The Morgan fingerprint density at radius 1 is 1.09 bits per heavy atom. The van der Waals surface area contributed by atoms with Gasteiger partial charge in [0.1, 0.15) is 5.92 Å². The number of carbonyl (C=O) groups excluding carboxylic acids is 2. The number of hydrogen-bond donors (Lipinski definition) is 1. The molecule has 0 bridgehead atoms. The third kappa shape index (κ3) is 3.35. The summed E-state index contributed by atoms with van der Waals surface area (Å²) < 4.78 is 34.4. The van der Waals surface area contributed by atoms with Gasteiger partial charge in [-0.25, -0.2) is 13.1 Å². The zero-order valence-corrected chi connectivity index (χ0v) is 19.3. The van der Waals surface area contributed by atoms with Crippen molar-refractivity contribution in [2.24, 2.45) is 7.05 Å². The average Bonchev–Trinajstić information content (AvgIpc) is 3.13. The van der Waals surface area contributed by atoms with Crippen molar-refractivity contribution >= 4 is 32.5 Å². The fourth-order valence-electron chi connectivity index (χ4n) is 4.33. The van der Waals surface area contributed by atoms with Gasteiger partial charge in [0.15, 0.2) is 11.6 Å². The van der Waals surface area contributed by atoms with Crippen molar-refractivity contribution in [3.05, 3.63) is 52.0 Å². The van der Waals surface area contributed by atoms with Crippen LogP contribution in [0.4, 0.5) is 0 Å². The number of hydrogen-bond acceptors (Lipinski definition) is 7. The Morgan fingerprint density at radius 2 is 1.78 bits per heavy atom. The monoisotopic (exact) mass is 456 g/mol. The van der Waals surface area contributed by atoms with Crippen LogP contribution >= 0.6 is 0 Å². The van der Waals surface area contributed by atoms with Crippen LogP contribution in [0.1, 0.15) is 49.3 Å². The molecule has 0 radical (unpaired) electrons. The maximum Gasteiger partial charge on any atom is 0.240 e. The molecule has 4 rings (SSSR count). The van der Waals surface area contributed by atoms with E-state index in [2.05, 4.69) is 14.8 Å². The van der Waals surface area contributed by atoms with E-state index in [1.165, 1.54) is 19.2 Å². The van der Waals surface area contributed by atoms with E-state index in [9.17, 15) is 18.0 Å². The number of ether oxygens (including phenoxy) is 1. The summed E-state index contributed by atoms with van der Waals surface area (Å²) in [6.07, 6.45) is 0. The van der Waals surface area contributed by atoms with E-state index in [1.807, 2.05) is 6.92 Å². The van der Waals surface area contributed by atoms with Crippen LogP contribution in [0.2, 0.25) is 0 Å². The van der Waals surface area contributed by atoms with Gasteiger partial charge < -0.3 is 4.74 Å². The highest BCUT2D eigenvalue weighted by Crippen LogP contribution is 2.41. The van der Waals surface area contributed by atoms with Gasteiger partial charge in [-0.15, -0.1) is 0 Å². The molecule has 0 fully saturated rings. The molecule has 0 amide bonds. The summed E-state index contributed by atoms with van der Waals surface area (Å²) >= 11 is 0. The summed E-state index contributed by atoms with van der Waals surface area (Å²) in [5, 5.41) is 4.70. The molecule has 0 saturated heterocycles. The summed E-state index contributed by atoms with van der Waals surface area (Å²) in [6, 6.07) is 4.40. The molecule has 1 atom stereocenters. The van der Waals surface area contributed by atoms with Crippen molar-refractivity contribution in [1.82, 2.24) is 19.5 Å². The minimum atomic E-state index is -3.83. The van der Waals surface area contributed by atoms with E-state index in [0.29, 0.717) is 27.9 Å². The first-order chi connectivity index (χ1) is 15.1. The Bertz CT molecular complexity index is 1390. The van der Waals surface area contributed by atoms with Gasteiger partial charge in [-0.3, -0.25) is 19.3 Å². The van der Waals surface area contributed by atoms with E-state index in [1.54, 1.807) is 31.6 Å². The van der Waals surface area contributed by atoms with Crippen molar-refractivity contribution in [2.75, 3.05) is 20.3 Å². The number of pyridine rings is 1. The Morgan fingerprint density at radius 3 is 2.41 bits per heavy atom. The van der Waals surface area contributed by atoms with Gasteiger partial charge in [0.2, 0.25) is 10.0 Å². The third-order valence-corrected chi connectivity index (χ3v) is 7.38. The lowest BCUT2D eigenvalue weighted by Crippen LogP contribution is -2.27. The standard InChI is InChI=1S/C22H24N4O5S/c1-11-18-19(22(28)20(21(18)27)17-12(2)25-26(4)13(17)3)15-10-14(6-7-16(15)24-11)32(29,30)23-8-9-31-5/h6-7,10,20,23H,8-9H2,1-5H3. The number of methoxy groups -OCH3 is 1. The smallest absolute Gasteiger partial charge is 0.240 e. The van der Waals surface area contributed by atoms with Crippen LogP contribution in [-0.4, -0.2) is 55.0 Å². The lowest BCUT2D eigenvalue weighted by molar-refractivity contribution is 0.0889. The topological polar surface area (TPSA) is 120 Å². The lowest BCUT2D eigenvalue weighted by atomic mass is 9.92. The Balaban J connectivity index is 1.89. The second-order valence-corrected chi connectivity index (χ2v) is 9.65. The lowest BCUT2D eigenvalue weighted by Gasteiger charge is -2.10. The Kier molecular flexibility index (Phi) is 5.48. The SMILES string of the molecule is COCCNS(=O)(=O)c1ccc2nc(C)c3c(c2c1)C(=O)C(c1c(C)nn(C)c1C)C3=O. The summed E-state index contributed by atoms with van der Waals surface area (Å²) in [7, 11) is -0.584. The van der Waals surface area contributed by atoms with E-state index < -0.39 is 15.9 Å². The molecule has 1 aliphatic rings. The molecule has 10 heteroatoms. The van der Waals surface area contributed by atoms with Crippen LogP contribution in [0.3, 0.4) is 0 Å². The fourth-order valence-corrected chi connectivity index (χ4v) is 5.37.